The van der Waals surface area contributed by atoms with E-state index < -0.39 is 34.6 Å². The lowest BCUT2D eigenvalue weighted by atomic mass is 10.0. The number of carbonyl (C=O) groups is 2. The van der Waals surface area contributed by atoms with Crippen LogP contribution in [-0.2, 0) is 20.7 Å². The Hall–Kier alpha value is -1.21. The molecule has 0 bridgehead atoms. The normalized spacial score (nSPS) is 13.8. The molecule has 1 aromatic carbocycles. The summed E-state index contributed by atoms with van der Waals surface area (Å²) in [6, 6.07) is 8.00. The van der Waals surface area contributed by atoms with E-state index in [2.05, 4.69) is 10.1 Å². The fraction of sp³-hybridized carbons (Fsp3) is 0.429. The lowest BCUT2D eigenvalue weighted by molar-refractivity contribution is -0.151. The van der Waals surface area contributed by atoms with Gasteiger partial charge >= 0.3 is 12.1 Å². The molecule has 23 heavy (non-hydrogen) atoms. The molecule has 0 saturated carbocycles. The van der Waals surface area contributed by atoms with Crippen molar-refractivity contribution in [2.45, 2.75) is 22.4 Å². The molecule has 9 heteroatoms. The highest BCUT2D eigenvalue weighted by molar-refractivity contribution is 6.67. The third-order valence-corrected chi connectivity index (χ3v) is 3.12. The maximum atomic E-state index is 11.7. The smallest absolute Gasteiger partial charge is 0.407 e. The number of aliphatic hydroxyl groups excluding tert-OH is 1. The highest BCUT2D eigenvalue weighted by Gasteiger charge is 2.30. The first-order valence-corrected chi connectivity index (χ1v) is 7.66. The SMILES string of the molecule is COC(=O)[C@H](O)[C@H](Cc1ccccc1)NC(=O)OCC(Cl)(Cl)Cl. The van der Waals surface area contributed by atoms with Crippen molar-refractivity contribution in [1.29, 1.82) is 0 Å². The minimum absolute atomic E-state index is 0.181. The molecule has 0 radical (unpaired) electrons. The van der Waals surface area contributed by atoms with Crippen molar-refractivity contribution in [3.63, 3.8) is 0 Å². The summed E-state index contributed by atoms with van der Waals surface area (Å²) < 4.78 is 7.45. The summed E-state index contributed by atoms with van der Waals surface area (Å²) in [4.78, 5) is 23.2. The number of hydrogen-bond acceptors (Lipinski definition) is 5. The number of alkyl halides is 3. The van der Waals surface area contributed by atoms with Gasteiger partial charge < -0.3 is 19.9 Å². The van der Waals surface area contributed by atoms with Gasteiger partial charge in [-0.05, 0) is 12.0 Å². The number of halogens is 3. The lowest BCUT2D eigenvalue weighted by Crippen LogP contribution is -2.49. The largest absolute Gasteiger partial charge is 0.467 e. The van der Waals surface area contributed by atoms with E-state index in [0.717, 1.165) is 12.7 Å². The van der Waals surface area contributed by atoms with E-state index in [1.165, 1.54) is 0 Å². The van der Waals surface area contributed by atoms with Crippen molar-refractivity contribution in [3.8, 4) is 0 Å². The third-order valence-electron chi connectivity index (χ3n) is 2.79. The minimum Gasteiger partial charge on any atom is -0.467 e. The van der Waals surface area contributed by atoms with Crippen LogP contribution in [0.1, 0.15) is 5.56 Å². The topological polar surface area (TPSA) is 84.9 Å². The van der Waals surface area contributed by atoms with Gasteiger partial charge in [0.05, 0.1) is 13.2 Å². The van der Waals surface area contributed by atoms with Crippen LogP contribution in [0.2, 0.25) is 0 Å². The van der Waals surface area contributed by atoms with Crippen molar-refractivity contribution >= 4 is 46.9 Å². The molecule has 2 N–H and O–H groups in total. The standard InChI is InChI=1S/C14H16Cl3NO5/c1-22-12(20)11(19)10(7-9-5-3-2-4-6-9)18-13(21)23-8-14(15,16)17/h2-6,10-11,19H,7-8H2,1H3,(H,18,21)/t10-,11+/m0/s1. The van der Waals surface area contributed by atoms with Gasteiger partial charge in [0.15, 0.2) is 6.10 Å². The first-order chi connectivity index (χ1) is 10.7. The molecule has 0 fully saturated rings. The van der Waals surface area contributed by atoms with Crippen molar-refractivity contribution in [2.75, 3.05) is 13.7 Å². The van der Waals surface area contributed by atoms with Gasteiger partial charge in [-0.3, -0.25) is 0 Å². The summed E-state index contributed by atoms with van der Waals surface area (Å²) in [6.45, 7) is -0.476. The highest BCUT2D eigenvalue weighted by atomic mass is 35.6. The molecule has 1 rings (SSSR count). The fourth-order valence-corrected chi connectivity index (χ4v) is 1.90. The number of carbonyl (C=O) groups excluding carboxylic acids is 2. The van der Waals surface area contributed by atoms with Crippen molar-refractivity contribution in [2.24, 2.45) is 0 Å². The zero-order chi connectivity index (χ0) is 17.5. The molecular formula is C14H16Cl3NO5. The quantitative estimate of drug-likeness (QED) is 0.580. The van der Waals surface area contributed by atoms with Gasteiger partial charge in [0.1, 0.15) is 6.61 Å². The molecule has 0 heterocycles. The second-order valence-corrected chi connectivity index (χ2v) is 7.12. The zero-order valence-electron chi connectivity index (χ0n) is 12.2. The molecule has 0 aliphatic carbocycles. The molecule has 0 aliphatic rings. The zero-order valence-corrected chi connectivity index (χ0v) is 14.4. The molecule has 6 nitrogen and oxygen atoms in total. The van der Waals surface area contributed by atoms with Crippen LogP contribution in [0.4, 0.5) is 4.79 Å². The number of aliphatic hydroxyl groups is 1. The van der Waals surface area contributed by atoms with Gasteiger partial charge in [-0.25, -0.2) is 9.59 Å². The number of nitrogens with one attached hydrogen (secondary N) is 1. The number of alkyl carbamates (subject to hydrolysis) is 1. The predicted octanol–water partition coefficient (Wildman–Crippen LogP) is 2.23. The number of ether oxygens (including phenoxy) is 2. The molecule has 0 aromatic heterocycles. The number of benzene rings is 1. The van der Waals surface area contributed by atoms with Crippen LogP contribution in [0, 0.1) is 0 Å². The van der Waals surface area contributed by atoms with Crippen LogP contribution in [0.15, 0.2) is 30.3 Å². The number of methoxy groups -OCH3 is 1. The van der Waals surface area contributed by atoms with Gasteiger partial charge in [0.2, 0.25) is 3.79 Å². The van der Waals surface area contributed by atoms with Gasteiger partial charge in [0, 0.05) is 0 Å². The Kier molecular flexibility index (Phi) is 7.91. The van der Waals surface area contributed by atoms with Crippen LogP contribution in [0.25, 0.3) is 0 Å². The van der Waals surface area contributed by atoms with Crippen LogP contribution >= 0.6 is 34.8 Å². The maximum absolute atomic E-state index is 11.7. The summed E-state index contributed by atoms with van der Waals surface area (Å²) in [5, 5.41) is 12.4. The monoisotopic (exact) mass is 383 g/mol. The highest BCUT2D eigenvalue weighted by Crippen LogP contribution is 2.25. The van der Waals surface area contributed by atoms with Gasteiger partial charge in [-0.2, -0.15) is 0 Å². The van der Waals surface area contributed by atoms with Gasteiger partial charge in [0.25, 0.3) is 0 Å². The van der Waals surface area contributed by atoms with E-state index in [-0.39, 0.29) is 6.42 Å². The molecule has 1 aromatic rings. The van der Waals surface area contributed by atoms with E-state index >= 15 is 0 Å². The molecule has 2 atom stereocenters. The molecular weight excluding hydrogens is 369 g/mol. The average Bonchev–Trinajstić information content (AvgIpc) is 2.51. The molecule has 128 valence electrons. The van der Waals surface area contributed by atoms with Crippen LogP contribution < -0.4 is 5.32 Å². The summed E-state index contributed by atoms with van der Waals surface area (Å²) in [5.74, 6) is -0.882. The van der Waals surface area contributed by atoms with Crippen molar-refractivity contribution in [1.82, 2.24) is 5.32 Å². The Labute approximate surface area is 148 Å². The Bertz CT molecular complexity index is 521. The van der Waals surface area contributed by atoms with Crippen LogP contribution in [0.3, 0.4) is 0 Å². The number of amides is 1. The molecule has 0 spiro atoms. The molecule has 0 unspecified atom stereocenters. The molecule has 0 aliphatic heterocycles. The second-order valence-electron chi connectivity index (χ2n) is 4.60. The van der Waals surface area contributed by atoms with Crippen LogP contribution in [-0.4, -0.2) is 46.8 Å². The van der Waals surface area contributed by atoms with Crippen molar-refractivity contribution in [3.05, 3.63) is 35.9 Å². The summed E-state index contributed by atoms with van der Waals surface area (Å²) in [5.41, 5.74) is 0.794. The first kappa shape index (κ1) is 19.8. The molecule has 0 saturated heterocycles. The summed E-state index contributed by atoms with van der Waals surface area (Å²) in [6.07, 6.45) is -2.32. The Morgan fingerprint density at radius 2 is 1.87 bits per heavy atom. The van der Waals surface area contributed by atoms with Gasteiger partial charge in [-0.15, -0.1) is 0 Å². The van der Waals surface area contributed by atoms with E-state index in [0.29, 0.717) is 0 Å². The van der Waals surface area contributed by atoms with E-state index in [4.69, 9.17) is 39.5 Å². The number of hydrogen-bond donors (Lipinski definition) is 2. The van der Waals surface area contributed by atoms with E-state index in [9.17, 15) is 14.7 Å². The number of esters is 1. The maximum Gasteiger partial charge on any atom is 0.407 e. The Balaban J connectivity index is 2.75. The van der Waals surface area contributed by atoms with E-state index in [1.54, 1.807) is 24.3 Å². The third kappa shape index (κ3) is 7.74. The predicted molar refractivity (Wildman–Crippen MR) is 86.7 cm³/mol. The fourth-order valence-electron chi connectivity index (χ4n) is 1.74. The number of rotatable bonds is 6. The van der Waals surface area contributed by atoms with Gasteiger partial charge in [-0.1, -0.05) is 65.1 Å². The summed E-state index contributed by atoms with van der Waals surface area (Å²) in [7, 11) is 1.13. The lowest BCUT2D eigenvalue weighted by Gasteiger charge is -2.23. The average molecular weight is 385 g/mol. The second kappa shape index (κ2) is 9.17. The van der Waals surface area contributed by atoms with Crippen molar-refractivity contribution < 1.29 is 24.2 Å². The Morgan fingerprint density at radius 3 is 2.39 bits per heavy atom. The summed E-state index contributed by atoms with van der Waals surface area (Å²) >= 11 is 16.4. The first-order valence-electron chi connectivity index (χ1n) is 6.53. The minimum atomic E-state index is -1.76. The van der Waals surface area contributed by atoms with Crippen LogP contribution in [0.5, 0.6) is 0 Å². The Morgan fingerprint density at radius 1 is 1.26 bits per heavy atom. The van der Waals surface area contributed by atoms with E-state index in [1.807, 2.05) is 6.07 Å². The molecule has 1 amide bonds.